The van der Waals surface area contributed by atoms with Gasteiger partial charge in [0.1, 0.15) is 6.10 Å². The largest absolute Gasteiger partial charge is 0.493 e. The van der Waals surface area contributed by atoms with Crippen molar-refractivity contribution in [1.29, 1.82) is 0 Å². The number of ether oxygens (including phenoxy) is 2. The molecule has 1 rings (SSSR count). The van der Waals surface area contributed by atoms with Gasteiger partial charge in [-0.15, -0.1) is 0 Å². The maximum Gasteiger partial charge on any atom is 0.185 e. The molecule has 0 saturated carbocycles. The van der Waals surface area contributed by atoms with E-state index in [0.717, 1.165) is 11.8 Å². The van der Waals surface area contributed by atoms with E-state index in [2.05, 4.69) is 0 Å². The molecular weight excluding hydrogens is 280 g/mol. The first kappa shape index (κ1) is 16.8. The smallest absolute Gasteiger partial charge is 0.185 e. The molecule has 0 aliphatic rings. The van der Waals surface area contributed by atoms with E-state index in [1.165, 1.54) is 21.1 Å². The van der Waals surface area contributed by atoms with Crippen LogP contribution in [0.25, 0.3) is 0 Å². The van der Waals surface area contributed by atoms with Crippen LogP contribution in [0.2, 0.25) is 0 Å². The second-order valence-electron chi connectivity index (χ2n) is 4.26. The molecule has 0 fully saturated rings. The molecule has 2 atom stereocenters. The predicted molar refractivity (Wildman–Crippen MR) is 78.3 cm³/mol. The summed E-state index contributed by atoms with van der Waals surface area (Å²) in [6.45, 7) is 1.47. The van der Waals surface area contributed by atoms with E-state index in [9.17, 15) is 15.0 Å². The molecule has 0 heterocycles. The number of aliphatic hydroxyl groups excluding tert-OH is 2. The summed E-state index contributed by atoms with van der Waals surface area (Å²) < 4.78 is 10.3. The Kier molecular flexibility index (Phi) is 6.84. The van der Waals surface area contributed by atoms with Crippen LogP contribution in [0, 0.1) is 0 Å². The van der Waals surface area contributed by atoms with Crippen LogP contribution in [-0.2, 0) is 4.79 Å². The highest BCUT2D eigenvalue weighted by atomic mass is 32.2. The van der Waals surface area contributed by atoms with E-state index in [1.54, 1.807) is 18.2 Å². The van der Waals surface area contributed by atoms with Crippen molar-refractivity contribution in [2.24, 2.45) is 0 Å². The number of carbonyl (C=O) groups excluding carboxylic acids is 1. The first-order valence-corrected chi connectivity index (χ1v) is 7.19. The molecule has 0 aromatic heterocycles. The van der Waals surface area contributed by atoms with Crippen LogP contribution in [0.5, 0.6) is 11.5 Å². The lowest BCUT2D eigenvalue weighted by molar-refractivity contribution is -0.109. The molecule has 1 aromatic rings. The van der Waals surface area contributed by atoms with Gasteiger partial charge in [-0.1, -0.05) is 17.8 Å². The van der Waals surface area contributed by atoms with Gasteiger partial charge in [-0.3, -0.25) is 4.79 Å². The van der Waals surface area contributed by atoms with Gasteiger partial charge >= 0.3 is 0 Å². The lowest BCUT2D eigenvalue weighted by Gasteiger charge is -2.19. The molecule has 6 heteroatoms. The highest BCUT2D eigenvalue weighted by Gasteiger charge is 2.20. The maximum absolute atomic E-state index is 10.8. The van der Waals surface area contributed by atoms with Crippen LogP contribution in [0.4, 0.5) is 0 Å². The van der Waals surface area contributed by atoms with Gasteiger partial charge in [0.15, 0.2) is 16.6 Å². The van der Waals surface area contributed by atoms with Crippen molar-refractivity contribution in [2.45, 2.75) is 25.6 Å². The molecule has 0 aliphatic carbocycles. The Morgan fingerprint density at radius 3 is 2.45 bits per heavy atom. The van der Waals surface area contributed by atoms with Crippen LogP contribution in [0.3, 0.4) is 0 Å². The molecule has 0 aliphatic heterocycles. The standard InChI is InChI=1S/C14H20O5S/c1-9(15)20-7-6-11(16)14(17)10-4-5-12(18-2)13(8-10)19-3/h4-5,8,11,14,16-17H,6-7H2,1-3H3. The summed E-state index contributed by atoms with van der Waals surface area (Å²) in [6, 6.07) is 4.98. The summed E-state index contributed by atoms with van der Waals surface area (Å²) in [4.78, 5) is 10.8. The zero-order chi connectivity index (χ0) is 15.1. The summed E-state index contributed by atoms with van der Waals surface area (Å²) in [6.07, 6.45) is -1.62. The monoisotopic (exact) mass is 300 g/mol. The number of thioether (sulfide) groups is 1. The molecule has 1 aromatic carbocycles. The minimum absolute atomic E-state index is 0.00203. The second kappa shape index (κ2) is 8.14. The molecule has 0 bridgehead atoms. The third-order valence-corrected chi connectivity index (χ3v) is 3.68. The maximum atomic E-state index is 10.8. The Morgan fingerprint density at radius 2 is 1.90 bits per heavy atom. The lowest BCUT2D eigenvalue weighted by Crippen LogP contribution is -2.19. The van der Waals surface area contributed by atoms with Crippen LogP contribution < -0.4 is 9.47 Å². The fourth-order valence-electron chi connectivity index (χ4n) is 1.74. The van der Waals surface area contributed by atoms with Gasteiger partial charge in [0, 0.05) is 12.7 Å². The van der Waals surface area contributed by atoms with Crippen LogP contribution in [0.15, 0.2) is 18.2 Å². The lowest BCUT2D eigenvalue weighted by atomic mass is 10.0. The number of carbonyl (C=O) groups is 1. The third kappa shape index (κ3) is 4.70. The Balaban J connectivity index is 2.70. The van der Waals surface area contributed by atoms with Gasteiger partial charge in [-0.25, -0.2) is 0 Å². The zero-order valence-electron chi connectivity index (χ0n) is 11.8. The van der Waals surface area contributed by atoms with Gasteiger partial charge < -0.3 is 19.7 Å². The molecule has 20 heavy (non-hydrogen) atoms. The molecule has 112 valence electrons. The van der Waals surface area contributed by atoms with Crippen molar-refractivity contribution in [3.63, 3.8) is 0 Å². The first-order valence-electron chi connectivity index (χ1n) is 6.21. The third-order valence-electron chi connectivity index (χ3n) is 2.83. The Morgan fingerprint density at radius 1 is 1.25 bits per heavy atom. The topological polar surface area (TPSA) is 76.0 Å². The number of hydrogen-bond donors (Lipinski definition) is 2. The average Bonchev–Trinajstić information content (AvgIpc) is 2.45. The van der Waals surface area contributed by atoms with Crippen molar-refractivity contribution in [2.75, 3.05) is 20.0 Å². The highest BCUT2D eigenvalue weighted by Crippen LogP contribution is 2.31. The molecule has 0 radical (unpaired) electrons. The van der Waals surface area contributed by atoms with Gasteiger partial charge in [0.25, 0.3) is 0 Å². The Bertz CT molecular complexity index is 449. The van der Waals surface area contributed by atoms with Crippen LogP contribution in [0.1, 0.15) is 25.0 Å². The fourth-order valence-corrected chi connectivity index (χ4v) is 2.39. The Hall–Kier alpha value is -1.24. The van der Waals surface area contributed by atoms with E-state index in [-0.39, 0.29) is 5.12 Å². The average molecular weight is 300 g/mol. The van der Waals surface area contributed by atoms with Gasteiger partial charge in [-0.05, 0) is 24.1 Å². The summed E-state index contributed by atoms with van der Waals surface area (Å²) in [5, 5.41) is 20.0. The molecule has 2 unspecified atom stereocenters. The van der Waals surface area contributed by atoms with E-state index < -0.39 is 12.2 Å². The first-order chi connectivity index (χ1) is 9.49. The fraction of sp³-hybridized carbons (Fsp3) is 0.500. The van der Waals surface area contributed by atoms with Crippen molar-refractivity contribution in [3.05, 3.63) is 23.8 Å². The normalized spacial score (nSPS) is 13.7. The second-order valence-corrected chi connectivity index (χ2v) is 5.53. The molecule has 2 N–H and O–H groups in total. The van der Waals surface area contributed by atoms with Crippen LogP contribution >= 0.6 is 11.8 Å². The van der Waals surface area contributed by atoms with Crippen molar-refractivity contribution >= 4 is 16.9 Å². The molecular formula is C14H20O5S. The van der Waals surface area contributed by atoms with E-state index >= 15 is 0 Å². The zero-order valence-corrected chi connectivity index (χ0v) is 12.6. The summed E-state index contributed by atoms with van der Waals surface area (Å²) >= 11 is 1.13. The minimum Gasteiger partial charge on any atom is -0.493 e. The van der Waals surface area contributed by atoms with Crippen molar-refractivity contribution in [3.8, 4) is 11.5 Å². The molecule has 0 spiro atoms. The number of hydrogen-bond acceptors (Lipinski definition) is 6. The van der Waals surface area contributed by atoms with E-state index in [0.29, 0.717) is 29.2 Å². The summed E-state index contributed by atoms with van der Waals surface area (Å²) in [5.41, 5.74) is 0.544. The van der Waals surface area contributed by atoms with E-state index in [4.69, 9.17) is 9.47 Å². The number of benzene rings is 1. The number of aliphatic hydroxyl groups is 2. The summed E-state index contributed by atoms with van der Waals surface area (Å²) in [7, 11) is 3.04. The highest BCUT2D eigenvalue weighted by molar-refractivity contribution is 8.13. The number of methoxy groups -OCH3 is 2. The van der Waals surface area contributed by atoms with Gasteiger partial charge in [0.2, 0.25) is 0 Å². The van der Waals surface area contributed by atoms with Gasteiger partial charge in [-0.2, -0.15) is 0 Å². The summed E-state index contributed by atoms with van der Waals surface area (Å²) in [5.74, 6) is 1.53. The minimum atomic E-state index is -1.03. The SMILES string of the molecule is COc1ccc(C(O)C(O)CCSC(C)=O)cc1OC. The van der Waals surface area contributed by atoms with Gasteiger partial charge in [0.05, 0.1) is 20.3 Å². The molecule has 0 saturated heterocycles. The molecule has 0 amide bonds. The van der Waals surface area contributed by atoms with E-state index in [1.807, 2.05) is 0 Å². The quantitative estimate of drug-likeness (QED) is 0.799. The van der Waals surface area contributed by atoms with Crippen molar-refractivity contribution < 1.29 is 24.5 Å². The van der Waals surface area contributed by atoms with Crippen molar-refractivity contribution in [1.82, 2.24) is 0 Å². The Labute approximate surface area is 122 Å². The van der Waals surface area contributed by atoms with Crippen LogP contribution in [-0.4, -0.2) is 41.4 Å². The predicted octanol–water partition coefficient (Wildman–Crippen LogP) is 1.77. The molecule has 5 nitrogen and oxygen atoms in total. The number of rotatable bonds is 7.